The lowest BCUT2D eigenvalue weighted by Gasteiger charge is -2.35. The van der Waals surface area contributed by atoms with Gasteiger partial charge in [0.2, 0.25) is 0 Å². The lowest BCUT2D eigenvalue weighted by Crippen LogP contribution is -2.49. The number of Topliss-reactive ketones (excluding diaryl/α,β-unsaturated/α-hetero) is 1. The zero-order valence-electron chi connectivity index (χ0n) is 17.3. The van der Waals surface area contributed by atoms with Crippen molar-refractivity contribution in [1.82, 2.24) is 5.32 Å². The topological polar surface area (TPSA) is 55.4 Å². The molecule has 0 aliphatic carbocycles. The summed E-state index contributed by atoms with van der Waals surface area (Å²) in [5, 5.41) is 3.15. The summed E-state index contributed by atoms with van der Waals surface area (Å²) in [6.07, 6.45) is 2.37. The summed E-state index contributed by atoms with van der Waals surface area (Å²) in [5.41, 5.74) is -0.947. The minimum absolute atomic E-state index is 0.0803. The summed E-state index contributed by atoms with van der Waals surface area (Å²) in [6.45, 7) is 19.8. The van der Waals surface area contributed by atoms with E-state index in [-0.39, 0.29) is 11.8 Å². The van der Waals surface area contributed by atoms with Crippen LogP contribution in [0.1, 0.15) is 81.6 Å². The maximum absolute atomic E-state index is 12.1. The van der Waals surface area contributed by atoms with Crippen molar-refractivity contribution in [2.45, 2.75) is 87.2 Å². The molecule has 1 atom stereocenters. The van der Waals surface area contributed by atoms with Crippen molar-refractivity contribution in [2.24, 2.45) is 16.7 Å². The molecule has 1 rings (SSSR count). The predicted octanol–water partition coefficient (Wildman–Crippen LogP) is 4.37. The molecule has 0 aromatic rings. The van der Waals surface area contributed by atoms with E-state index in [9.17, 15) is 9.59 Å². The van der Waals surface area contributed by atoms with Crippen molar-refractivity contribution in [2.75, 3.05) is 13.1 Å². The molecule has 4 nitrogen and oxygen atoms in total. The maximum Gasteiger partial charge on any atom is 0.320 e. The Morgan fingerprint density at radius 3 is 1.79 bits per heavy atom. The molecule has 24 heavy (non-hydrogen) atoms. The van der Waals surface area contributed by atoms with E-state index in [1.54, 1.807) is 0 Å². The van der Waals surface area contributed by atoms with Crippen LogP contribution in [0.4, 0.5) is 0 Å². The number of hydrogen-bond donors (Lipinski definition) is 1. The normalized spacial score (nSPS) is 18.9. The average Bonchev–Trinajstić information content (AvgIpc) is 2.44. The average molecular weight is 342 g/mol. The van der Waals surface area contributed by atoms with Crippen LogP contribution in [0.25, 0.3) is 0 Å². The molecule has 0 amide bonds. The molecular weight excluding hydrogens is 302 g/mol. The molecular formula is C20H39NO3. The Bertz CT molecular complexity index is 410. The first-order chi connectivity index (χ1) is 10.8. The molecule has 4 heteroatoms. The van der Waals surface area contributed by atoms with Gasteiger partial charge in [-0.1, -0.05) is 41.0 Å². The number of ketones is 1. The standard InChI is InChI=1S/C12H21NO3.C8H18/c1-9(14)12(5-7-13-8-6-12)10(15)16-11(2,3)4;1-6-7(2)8(3,4)5/h13H,5-8H2,1-4H3;7H,6H2,1-5H3. The monoisotopic (exact) mass is 341 g/mol. The molecule has 0 saturated carbocycles. The van der Waals surface area contributed by atoms with Crippen LogP contribution < -0.4 is 5.32 Å². The second-order valence-corrected chi connectivity index (χ2v) is 9.07. The van der Waals surface area contributed by atoms with E-state index in [2.05, 4.69) is 39.9 Å². The molecule has 0 aromatic heterocycles. The van der Waals surface area contributed by atoms with Crippen LogP contribution in [0.15, 0.2) is 0 Å². The van der Waals surface area contributed by atoms with Crippen molar-refractivity contribution in [1.29, 1.82) is 0 Å². The number of rotatable bonds is 3. The molecule has 1 fully saturated rings. The zero-order chi connectivity index (χ0) is 19.2. The molecule has 1 aliphatic heterocycles. The number of esters is 1. The largest absolute Gasteiger partial charge is 0.459 e. The second-order valence-electron chi connectivity index (χ2n) is 9.07. The van der Waals surface area contributed by atoms with Crippen molar-refractivity contribution in [3.05, 3.63) is 0 Å². The van der Waals surface area contributed by atoms with Crippen LogP contribution in [0.3, 0.4) is 0 Å². The first kappa shape index (κ1) is 23.1. The minimum Gasteiger partial charge on any atom is -0.459 e. The van der Waals surface area contributed by atoms with Crippen molar-refractivity contribution in [3.8, 4) is 0 Å². The van der Waals surface area contributed by atoms with Gasteiger partial charge in [0.25, 0.3) is 0 Å². The molecule has 1 saturated heterocycles. The van der Waals surface area contributed by atoms with E-state index in [4.69, 9.17) is 4.74 Å². The predicted molar refractivity (Wildman–Crippen MR) is 100.0 cm³/mol. The third-order valence-corrected chi connectivity index (χ3v) is 5.01. The van der Waals surface area contributed by atoms with E-state index < -0.39 is 11.0 Å². The fraction of sp³-hybridized carbons (Fsp3) is 0.900. The molecule has 1 aliphatic rings. The van der Waals surface area contributed by atoms with Crippen LogP contribution in [0.5, 0.6) is 0 Å². The lowest BCUT2D eigenvalue weighted by molar-refractivity contribution is -0.171. The van der Waals surface area contributed by atoms with Gasteiger partial charge in [0.1, 0.15) is 16.8 Å². The third kappa shape index (κ3) is 7.33. The Morgan fingerprint density at radius 1 is 1.08 bits per heavy atom. The van der Waals surface area contributed by atoms with E-state index in [0.29, 0.717) is 31.3 Å². The third-order valence-electron chi connectivity index (χ3n) is 5.01. The quantitative estimate of drug-likeness (QED) is 0.612. The Labute approximate surface area is 149 Å². The second kappa shape index (κ2) is 8.98. The highest BCUT2D eigenvalue weighted by Gasteiger charge is 2.46. The van der Waals surface area contributed by atoms with Gasteiger partial charge in [0.15, 0.2) is 0 Å². The van der Waals surface area contributed by atoms with E-state index in [0.717, 1.165) is 5.92 Å². The zero-order valence-corrected chi connectivity index (χ0v) is 17.3. The minimum atomic E-state index is -0.918. The van der Waals surface area contributed by atoms with Crippen molar-refractivity contribution in [3.63, 3.8) is 0 Å². The van der Waals surface area contributed by atoms with Crippen molar-refractivity contribution >= 4 is 11.8 Å². The van der Waals surface area contributed by atoms with E-state index in [1.807, 2.05) is 20.8 Å². The highest BCUT2D eigenvalue weighted by Crippen LogP contribution is 2.33. The molecule has 0 aromatic carbocycles. The fourth-order valence-electron chi connectivity index (χ4n) is 2.54. The number of nitrogens with one attached hydrogen (secondary N) is 1. The summed E-state index contributed by atoms with van der Waals surface area (Å²) in [7, 11) is 0. The van der Waals surface area contributed by atoms with Gasteiger partial charge in [0, 0.05) is 0 Å². The van der Waals surface area contributed by atoms with E-state index >= 15 is 0 Å². The number of ether oxygens (including phenoxy) is 1. The summed E-state index contributed by atoms with van der Waals surface area (Å²) < 4.78 is 5.35. The van der Waals surface area contributed by atoms with Gasteiger partial charge in [-0.2, -0.15) is 0 Å². The Balaban J connectivity index is 0.000000561. The lowest BCUT2D eigenvalue weighted by atomic mass is 9.75. The summed E-state index contributed by atoms with van der Waals surface area (Å²) in [6, 6.07) is 0. The van der Waals surface area contributed by atoms with Crippen LogP contribution in [0, 0.1) is 16.7 Å². The number of carbonyl (C=O) groups excluding carboxylic acids is 2. The van der Waals surface area contributed by atoms with Gasteiger partial charge in [-0.05, 0) is 65.0 Å². The van der Waals surface area contributed by atoms with Crippen molar-refractivity contribution < 1.29 is 14.3 Å². The molecule has 1 unspecified atom stereocenters. The van der Waals surface area contributed by atoms with Crippen LogP contribution in [-0.2, 0) is 14.3 Å². The SMILES string of the molecule is CC(=O)C1(C(=O)OC(C)(C)C)CCNCC1.CCC(C)C(C)(C)C. The van der Waals surface area contributed by atoms with Crippen LogP contribution in [-0.4, -0.2) is 30.4 Å². The highest BCUT2D eigenvalue weighted by molar-refractivity contribution is 6.02. The Hall–Kier alpha value is -0.900. The summed E-state index contributed by atoms with van der Waals surface area (Å²) in [5.74, 6) is 0.403. The Kier molecular flexibility index (Phi) is 8.64. The molecule has 0 bridgehead atoms. The summed E-state index contributed by atoms with van der Waals surface area (Å²) in [4.78, 5) is 23.8. The van der Waals surface area contributed by atoms with E-state index in [1.165, 1.54) is 13.3 Å². The Morgan fingerprint density at radius 2 is 1.54 bits per heavy atom. The van der Waals surface area contributed by atoms with Gasteiger partial charge < -0.3 is 10.1 Å². The summed E-state index contributed by atoms with van der Waals surface area (Å²) >= 11 is 0. The fourth-order valence-corrected chi connectivity index (χ4v) is 2.54. The highest BCUT2D eigenvalue weighted by atomic mass is 16.6. The smallest absolute Gasteiger partial charge is 0.320 e. The molecule has 142 valence electrons. The first-order valence-corrected chi connectivity index (χ1v) is 9.21. The number of hydrogen-bond acceptors (Lipinski definition) is 4. The van der Waals surface area contributed by atoms with Gasteiger partial charge >= 0.3 is 5.97 Å². The van der Waals surface area contributed by atoms with Gasteiger partial charge in [-0.3, -0.25) is 9.59 Å². The molecule has 0 radical (unpaired) electrons. The first-order valence-electron chi connectivity index (χ1n) is 9.21. The van der Waals surface area contributed by atoms with Gasteiger partial charge in [0.05, 0.1) is 0 Å². The molecule has 0 spiro atoms. The van der Waals surface area contributed by atoms with Crippen LogP contribution in [0.2, 0.25) is 0 Å². The molecule has 1 N–H and O–H groups in total. The van der Waals surface area contributed by atoms with Crippen LogP contribution >= 0.6 is 0 Å². The molecule has 1 heterocycles. The number of carbonyl (C=O) groups is 2. The number of piperidine rings is 1. The maximum atomic E-state index is 12.1. The van der Waals surface area contributed by atoms with Gasteiger partial charge in [-0.15, -0.1) is 0 Å². The van der Waals surface area contributed by atoms with Gasteiger partial charge in [-0.25, -0.2) is 0 Å².